The van der Waals surface area contributed by atoms with Gasteiger partial charge in [-0.2, -0.15) is 0 Å². The summed E-state index contributed by atoms with van der Waals surface area (Å²) in [5.74, 6) is 0.831. The van der Waals surface area contributed by atoms with E-state index in [1.54, 1.807) is 24.5 Å². The predicted molar refractivity (Wildman–Crippen MR) is 121 cm³/mol. The number of hydrogen-bond acceptors (Lipinski definition) is 5. The van der Waals surface area contributed by atoms with Gasteiger partial charge in [0, 0.05) is 5.69 Å². The topological polar surface area (TPSA) is 73.0 Å². The maximum atomic E-state index is 12.5. The molecule has 0 atom stereocenters. The fourth-order valence-corrected chi connectivity index (χ4v) is 4.42. The number of nitrogens with one attached hydrogen (secondary N) is 1. The summed E-state index contributed by atoms with van der Waals surface area (Å²) < 4.78 is 7.59. The molecule has 0 aliphatic rings. The SMILES string of the molecule is Cc1c(C)n(Cc2ccco2)c2ncnc(SCC(=O)Nc3cccc(Cl)c3Cl)c12. The van der Waals surface area contributed by atoms with Gasteiger partial charge in [0.25, 0.3) is 0 Å². The second-order valence-electron chi connectivity index (χ2n) is 6.69. The van der Waals surface area contributed by atoms with Gasteiger partial charge in [0.15, 0.2) is 0 Å². The van der Waals surface area contributed by atoms with E-state index < -0.39 is 0 Å². The number of thioether (sulfide) groups is 1. The van der Waals surface area contributed by atoms with E-state index in [2.05, 4.69) is 19.9 Å². The molecule has 0 saturated carbocycles. The van der Waals surface area contributed by atoms with Gasteiger partial charge in [0.1, 0.15) is 22.8 Å². The summed E-state index contributed by atoms with van der Waals surface area (Å²) in [6.07, 6.45) is 3.18. The zero-order valence-corrected chi connectivity index (χ0v) is 18.6. The zero-order chi connectivity index (χ0) is 21.3. The highest BCUT2D eigenvalue weighted by molar-refractivity contribution is 8.00. The van der Waals surface area contributed by atoms with E-state index >= 15 is 0 Å². The molecule has 4 rings (SSSR count). The number of anilines is 1. The van der Waals surface area contributed by atoms with E-state index in [1.165, 1.54) is 18.1 Å². The van der Waals surface area contributed by atoms with Crippen LogP contribution in [0.4, 0.5) is 5.69 Å². The lowest BCUT2D eigenvalue weighted by atomic mass is 10.2. The van der Waals surface area contributed by atoms with E-state index in [1.807, 2.05) is 26.0 Å². The van der Waals surface area contributed by atoms with Crippen molar-refractivity contribution in [3.63, 3.8) is 0 Å². The number of nitrogens with zero attached hydrogens (tertiary/aromatic N) is 3. The van der Waals surface area contributed by atoms with Crippen LogP contribution in [0.2, 0.25) is 10.0 Å². The molecule has 0 fully saturated rings. The van der Waals surface area contributed by atoms with Gasteiger partial charge in [-0.1, -0.05) is 41.0 Å². The highest BCUT2D eigenvalue weighted by Gasteiger charge is 2.18. The van der Waals surface area contributed by atoms with E-state index in [0.29, 0.717) is 22.3 Å². The first-order valence-electron chi connectivity index (χ1n) is 9.15. The summed E-state index contributed by atoms with van der Waals surface area (Å²) in [4.78, 5) is 21.4. The summed E-state index contributed by atoms with van der Waals surface area (Å²) in [6.45, 7) is 4.66. The lowest BCUT2D eigenvalue weighted by molar-refractivity contribution is -0.113. The Morgan fingerprint density at radius 1 is 1.20 bits per heavy atom. The molecule has 4 aromatic rings. The van der Waals surface area contributed by atoms with Crippen LogP contribution in [0.25, 0.3) is 11.0 Å². The first-order valence-corrected chi connectivity index (χ1v) is 10.9. The van der Waals surface area contributed by atoms with Crippen LogP contribution in [0.15, 0.2) is 52.4 Å². The average molecular weight is 461 g/mol. The van der Waals surface area contributed by atoms with E-state index in [0.717, 1.165) is 33.1 Å². The van der Waals surface area contributed by atoms with Crippen molar-refractivity contribution in [2.45, 2.75) is 25.4 Å². The fourth-order valence-electron chi connectivity index (χ4n) is 3.22. The first-order chi connectivity index (χ1) is 14.5. The smallest absolute Gasteiger partial charge is 0.234 e. The third-order valence-corrected chi connectivity index (χ3v) is 6.64. The number of rotatable bonds is 6. The minimum absolute atomic E-state index is 0.177. The average Bonchev–Trinajstić information content (AvgIpc) is 3.33. The van der Waals surface area contributed by atoms with Crippen LogP contribution >= 0.6 is 35.0 Å². The molecule has 0 unspecified atom stereocenters. The standard InChI is InChI=1S/C21H18Cl2N4O2S/c1-12-13(2)27(9-14-5-4-8-29-14)20-18(12)21(25-11-24-20)30-10-17(28)26-16-7-3-6-15(22)19(16)23/h3-8,11H,9-10H2,1-2H3,(H,26,28). The monoisotopic (exact) mass is 460 g/mol. The number of benzene rings is 1. The van der Waals surface area contributed by atoms with Gasteiger partial charge in [0.2, 0.25) is 5.91 Å². The Hall–Kier alpha value is -2.48. The molecule has 30 heavy (non-hydrogen) atoms. The van der Waals surface area contributed by atoms with E-state index in [4.69, 9.17) is 27.6 Å². The third-order valence-electron chi connectivity index (χ3n) is 4.83. The van der Waals surface area contributed by atoms with E-state index in [-0.39, 0.29) is 11.7 Å². The van der Waals surface area contributed by atoms with Gasteiger partial charge in [-0.25, -0.2) is 9.97 Å². The zero-order valence-electron chi connectivity index (χ0n) is 16.3. The van der Waals surface area contributed by atoms with E-state index in [9.17, 15) is 4.79 Å². The fraction of sp³-hybridized carbons (Fsp3) is 0.190. The van der Waals surface area contributed by atoms with Crippen LogP contribution in [0, 0.1) is 13.8 Å². The summed E-state index contributed by atoms with van der Waals surface area (Å²) in [6, 6.07) is 8.91. The molecule has 3 aromatic heterocycles. The number of furan rings is 1. The highest BCUT2D eigenvalue weighted by atomic mass is 35.5. The number of halogens is 2. The Morgan fingerprint density at radius 3 is 2.80 bits per heavy atom. The van der Waals surface area contributed by atoms with Crippen LogP contribution in [-0.4, -0.2) is 26.2 Å². The van der Waals surface area contributed by atoms with Gasteiger partial charge in [-0.15, -0.1) is 0 Å². The lowest BCUT2D eigenvalue weighted by Crippen LogP contribution is -2.14. The molecule has 3 heterocycles. The van der Waals surface area contributed by atoms with Crippen molar-refractivity contribution in [1.82, 2.24) is 14.5 Å². The summed E-state index contributed by atoms with van der Waals surface area (Å²) in [5, 5.41) is 5.21. The van der Waals surface area contributed by atoms with Gasteiger partial charge < -0.3 is 14.3 Å². The lowest BCUT2D eigenvalue weighted by Gasteiger charge is -2.08. The normalized spacial score (nSPS) is 11.2. The van der Waals surface area contributed by atoms with Crippen molar-refractivity contribution in [1.29, 1.82) is 0 Å². The molecular formula is C21H18Cl2N4O2S. The van der Waals surface area contributed by atoms with Gasteiger partial charge >= 0.3 is 0 Å². The second kappa shape index (κ2) is 8.71. The van der Waals surface area contributed by atoms with Crippen molar-refractivity contribution in [2.24, 2.45) is 0 Å². The molecule has 9 heteroatoms. The maximum Gasteiger partial charge on any atom is 0.234 e. The Morgan fingerprint density at radius 2 is 2.03 bits per heavy atom. The van der Waals surface area contributed by atoms with Crippen molar-refractivity contribution < 1.29 is 9.21 Å². The van der Waals surface area contributed by atoms with Crippen LogP contribution < -0.4 is 5.32 Å². The molecule has 1 amide bonds. The number of hydrogen-bond donors (Lipinski definition) is 1. The largest absolute Gasteiger partial charge is 0.467 e. The number of fused-ring (bicyclic) bond motifs is 1. The summed E-state index contributed by atoms with van der Waals surface area (Å²) in [5.41, 5.74) is 3.47. The number of aryl methyl sites for hydroxylation is 1. The molecule has 0 aliphatic heterocycles. The number of carbonyl (C=O) groups is 1. The second-order valence-corrected chi connectivity index (χ2v) is 8.44. The molecule has 1 N–H and O–H groups in total. The molecule has 0 saturated heterocycles. The molecule has 0 bridgehead atoms. The van der Waals surface area contributed by atoms with Crippen molar-refractivity contribution in [3.05, 3.63) is 70.0 Å². The maximum absolute atomic E-state index is 12.5. The number of carbonyl (C=O) groups excluding carboxylic acids is 1. The molecule has 0 aliphatic carbocycles. The van der Waals surface area contributed by atoms with Crippen LogP contribution in [-0.2, 0) is 11.3 Å². The Bertz CT molecular complexity index is 1220. The minimum Gasteiger partial charge on any atom is -0.467 e. The first kappa shape index (κ1) is 20.8. The Kier molecular flexibility index (Phi) is 6.04. The van der Waals surface area contributed by atoms with Crippen LogP contribution in [0.1, 0.15) is 17.0 Å². The van der Waals surface area contributed by atoms with Gasteiger partial charge in [-0.05, 0) is 43.7 Å². The molecular weight excluding hydrogens is 443 g/mol. The quantitative estimate of drug-likeness (QED) is 0.293. The Balaban J connectivity index is 1.56. The van der Waals surface area contributed by atoms with Gasteiger partial charge in [0.05, 0.1) is 39.7 Å². The Labute approximate surface area is 187 Å². The minimum atomic E-state index is -0.194. The molecule has 6 nitrogen and oxygen atoms in total. The molecule has 1 aromatic carbocycles. The summed E-state index contributed by atoms with van der Waals surface area (Å²) in [7, 11) is 0. The van der Waals surface area contributed by atoms with Crippen molar-refractivity contribution in [3.8, 4) is 0 Å². The number of aromatic nitrogens is 3. The van der Waals surface area contributed by atoms with Crippen LogP contribution in [0.3, 0.4) is 0 Å². The molecule has 0 spiro atoms. The number of amides is 1. The molecule has 0 radical (unpaired) electrons. The summed E-state index contributed by atoms with van der Waals surface area (Å²) >= 11 is 13.5. The van der Waals surface area contributed by atoms with Crippen molar-refractivity contribution >= 4 is 57.6 Å². The molecule has 154 valence electrons. The highest BCUT2D eigenvalue weighted by Crippen LogP contribution is 2.33. The van der Waals surface area contributed by atoms with Gasteiger partial charge in [-0.3, -0.25) is 4.79 Å². The predicted octanol–water partition coefficient (Wildman–Crippen LogP) is 5.73. The van der Waals surface area contributed by atoms with Crippen LogP contribution in [0.5, 0.6) is 0 Å². The van der Waals surface area contributed by atoms with Crippen molar-refractivity contribution in [2.75, 3.05) is 11.1 Å². The third kappa shape index (κ3) is 4.05.